The summed E-state index contributed by atoms with van der Waals surface area (Å²) >= 11 is 0. The molecule has 0 aliphatic rings. The van der Waals surface area contributed by atoms with Crippen LogP contribution in [0.4, 0.5) is 4.39 Å². The molecule has 0 aliphatic carbocycles. The molecule has 0 saturated carbocycles. The third-order valence-corrected chi connectivity index (χ3v) is 3.31. The number of nitrogens with zero attached hydrogens (tertiary/aromatic N) is 2. The van der Waals surface area contributed by atoms with Crippen LogP contribution >= 0.6 is 0 Å². The molecule has 0 fully saturated rings. The maximum atomic E-state index is 14.3. The van der Waals surface area contributed by atoms with Gasteiger partial charge in [0.1, 0.15) is 11.5 Å². The molecular formula is C17H24FN3. The predicted molar refractivity (Wildman–Crippen MR) is 84.2 cm³/mol. The third-order valence-electron chi connectivity index (χ3n) is 3.31. The minimum absolute atomic E-state index is 0.0171. The number of rotatable bonds is 4. The van der Waals surface area contributed by atoms with Crippen LogP contribution in [0.25, 0.3) is 5.69 Å². The molecule has 1 aromatic carbocycles. The molecule has 3 nitrogen and oxygen atoms in total. The summed E-state index contributed by atoms with van der Waals surface area (Å²) in [6.45, 7) is 11.0. The van der Waals surface area contributed by atoms with Crippen LogP contribution < -0.4 is 5.32 Å². The molecule has 0 spiro atoms. The van der Waals surface area contributed by atoms with Gasteiger partial charge in [0.05, 0.1) is 5.69 Å². The van der Waals surface area contributed by atoms with Crippen LogP contribution in [-0.2, 0) is 6.54 Å². The van der Waals surface area contributed by atoms with E-state index in [2.05, 4.69) is 45.0 Å². The van der Waals surface area contributed by atoms with Gasteiger partial charge in [-0.05, 0) is 44.4 Å². The molecule has 1 heterocycles. The van der Waals surface area contributed by atoms with Gasteiger partial charge < -0.3 is 5.32 Å². The van der Waals surface area contributed by atoms with Crippen molar-refractivity contribution in [2.24, 2.45) is 0 Å². The molecule has 114 valence electrons. The van der Waals surface area contributed by atoms with Crippen LogP contribution in [0.1, 0.15) is 51.8 Å². The van der Waals surface area contributed by atoms with E-state index in [-0.39, 0.29) is 11.4 Å². The van der Waals surface area contributed by atoms with Crippen molar-refractivity contribution in [1.82, 2.24) is 15.1 Å². The largest absolute Gasteiger partial charge is 0.308 e. The van der Waals surface area contributed by atoms with Gasteiger partial charge in [-0.25, -0.2) is 9.07 Å². The fraction of sp³-hybridized carbons (Fsp3) is 0.471. The number of para-hydroxylation sites is 1. The topological polar surface area (TPSA) is 29.9 Å². The molecule has 0 amide bonds. The van der Waals surface area contributed by atoms with Crippen LogP contribution in [0, 0.1) is 5.82 Å². The van der Waals surface area contributed by atoms with Gasteiger partial charge in [-0.2, -0.15) is 5.10 Å². The van der Waals surface area contributed by atoms with Gasteiger partial charge in [-0.15, -0.1) is 0 Å². The van der Waals surface area contributed by atoms with E-state index in [1.165, 1.54) is 6.07 Å². The fourth-order valence-electron chi connectivity index (χ4n) is 2.09. The molecule has 0 unspecified atom stereocenters. The minimum Gasteiger partial charge on any atom is -0.308 e. The Morgan fingerprint density at radius 2 is 1.95 bits per heavy atom. The van der Waals surface area contributed by atoms with E-state index in [1.54, 1.807) is 10.7 Å². The number of aromatic nitrogens is 2. The lowest BCUT2D eigenvalue weighted by Gasteiger charge is -2.21. The van der Waals surface area contributed by atoms with Gasteiger partial charge in [0, 0.05) is 18.3 Å². The zero-order chi connectivity index (χ0) is 15.6. The Hall–Kier alpha value is -1.68. The lowest BCUT2D eigenvalue weighted by molar-refractivity contribution is 0.423. The van der Waals surface area contributed by atoms with Gasteiger partial charge in [-0.1, -0.05) is 26.0 Å². The first-order chi connectivity index (χ1) is 9.78. The van der Waals surface area contributed by atoms with Gasteiger partial charge >= 0.3 is 0 Å². The van der Waals surface area contributed by atoms with Gasteiger partial charge in [-0.3, -0.25) is 0 Å². The van der Waals surface area contributed by atoms with Crippen molar-refractivity contribution < 1.29 is 4.39 Å². The molecule has 0 atom stereocenters. The van der Waals surface area contributed by atoms with E-state index in [4.69, 9.17) is 0 Å². The summed E-state index contributed by atoms with van der Waals surface area (Å²) < 4.78 is 15.9. The van der Waals surface area contributed by atoms with Crippen LogP contribution in [0.5, 0.6) is 0 Å². The molecule has 0 saturated heterocycles. The van der Waals surface area contributed by atoms with E-state index in [0.29, 0.717) is 18.2 Å². The summed E-state index contributed by atoms with van der Waals surface area (Å²) in [6.07, 6.45) is 1.83. The first kappa shape index (κ1) is 15.7. The van der Waals surface area contributed by atoms with Crippen molar-refractivity contribution >= 4 is 0 Å². The first-order valence-corrected chi connectivity index (χ1v) is 7.36. The van der Waals surface area contributed by atoms with Crippen molar-refractivity contribution in [2.75, 3.05) is 0 Å². The molecule has 2 aromatic rings. The van der Waals surface area contributed by atoms with E-state index in [0.717, 1.165) is 11.3 Å². The maximum absolute atomic E-state index is 14.3. The summed E-state index contributed by atoms with van der Waals surface area (Å²) in [5, 5.41) is 7.89. The van der Waals surface area contributed by atoms with Gasteiger partial charge in [0.25, 0.3) is 0 Å². The number of halogens is 1. The molecule has 1 aromatic heterocycles. The Bertz CT molecular complexity index is 609. The van der Waals surface area contributed by atoms with Crippen molar-refractivity contribution in [3.05, 3.63) is 47.5 Å². The molecule has 4 heteroatoms. The summed E-state index contributed by atoms with van der Waals surface area (Å²) in [5.74, 6) is 0.0794. The molecular weight excluding hydrogens is 265 g/mol. The van der Waals surface area contributed by atoms with Gasteiger partial charge in [0.15, 0.2) is 0 Å². The summed E-state index contributed by atoms with van der Waals surface area (Å²) in [4.78, 5) is 0. The summed E-state index contributed by atoms with van der Waals surface area (Å²) in [7, 11) is 0. The van der Waals surface area contributed by atoms with E-state index in [9.17, 15) is 4.39 Å². The average Bonchev–Trinajstić information content (AvgIpc) is 2.85. The maximum Gasteiger partial charge on any atom is 0.149 e. The fourth-order valence-corrected chi connectivity index (χ4v) is 2.09. The van der Waals surface area contributed by atoms with E-state index >= 15 is 0 Å². The SMILES string of the molecule is CC(C)c1ccn(-c2c(F)cccc2CNC(C)(C)C)n1. The van der Waals surface area contributed by atoms with Crippen LogP contribution in [-0.4, -0.2) is 15.3 Å². The molecule has 21 heavy (non-hydrogen) atoms. The van der Waals surface area contributed by atoms with Crippen LogP contribution in [0.3, 0.4) is 0 Å². The number of hydrogen-bond donors (Lipinski definition) is 1. The molecule has 1 N–H and O–H groups in total. The van der Waals surface area contributed by atoms with Crippen molar-refractivity contribution in [2.45, 2.75) is 52.6 Å². The predicted octanol–water partition coefficient (Wildman–Crippen LogP) is 4.02. The zero-order valence-corrected chi connectivity index (χ0v) is 13.4. The number of benzene rings is 1. The van der Waals surface area contributed by atoms with Crippen LogP contribution in [0.2, 0.25) is 0 Å². The monoisotopic (exact) mass is 289 g/mol. The van der Waals surface area contributed by atoms with Crippen molar-refractivity contribution in [1.29, 1.82) is 0 Å². The second-order valence-corrected chi connectivity index (χ2v) is 6.69. The lowest BCUT2D eigenvalue weighted by atomic mass is 10.1. The Balaban J connectivity index is 2.37. The Labute approximate surface area is 126 Å². The Morgan fingerprint density at radius 3 is 2.52 bits per heavy atom. The summed E-state index contributed by atoms with van der Waals surface area (Å²) in [6, 6.07) is 7.10. The van der Waals surface area contributed by atoms with E-state index in [1.807, 2.05) is 18.3 Å². The number of nitrogens with one attached hydrogen (secondary N) is 1. The smallest absolute Gasteiger partial charge is 0.149 e. The standard InChI is InChI=1S/C17H24FN3/c1-12(2)15-9-10-21(20-15)16-13(7-6-8-14(16)18)11-19-17(3,4)5/h6-10,12,19H,11H2,1-5H3. The van der Waals surface area contributed by atoms with Crippen LogP contribution in [0.15, 0.2) is 30.5 Å². The van der Waals surface area contributed by atoms with E-state index < -0.39 is 0 Å². The Kier molecular flexibility index (Phi) is 4.47. The normalized spacial score (nSPS) is 12.1. The second kappa shape index (κ2) is 5.98. The Morgan fingerprint density at radius 1 is 1.24 bits per heavy atom. The molecule has 0 bridgehead atoms. The number of hydrogen-bond acceptors (Lipinski definition) is 2. The molecule has 0 radical (unpaired) electrons. The highest BCUT2D eigenvalue weighted by Crippen LogP contribution is 2.21. The van der Waals surface area contributed by atoms with Crippen molar-refractivity contribution in [3.63, 3.8) is 0 Å². The quantitative estimate of drug-likeness (QED) is 0.921. The second-order valence-electron chi connectivity index (χ2n) is 6.69. The molecule has 0 aliphatic heterocycles. The zero-order valence-electron chi connectivity index (χ0n) is 13.4. The highest BCUT2D eigenvalue weighted by molar-refractivity contribution is 5.42. The average molecular weight is 289 g/mol. The summed E-state index contributed by atoms with van der Waals surface area (Å²) in [5.41, 5.74) is 2.38. The first-order valence-electron chi connectivity index (χ1n) is 7.36. The highest BCUT2D eigenvalue weighted by Gasteiger charge is 2.15. The molecule has 2 rings (SSSR count). The lowest BCUT2D eigenvalue weighted by Crippen LogP contribution is -2.35. The third kappa shape index (κ3) is 3.91. The highest BCUT2D eigenvalue weighted by atomic mass is 19.1. The minimum atomic E-state index is -0.249. The van der Waals surface area contributed by atoms with Gasteiger partial charge in [0.2, 0.25) is 0 Å². The van der Waals surface area contributed by atoms with Crippen molar-refractivity contribution in [3.8, 4) is 5.69 Å².